The van der Waals surface area contributed by atoms with Crippen LogP contribution < -0.4 is 0 Å². The van der Waals surface area contributed by atoms with Crippen LogP contribution in [0.3, 0.4) is 0 Å². The molecule has 0 unspecified atom stereocenters. The van der Waals surface area contributed by atoms with Crippen molar-refractivity contribution in [2.45, 2.75) is 39.3 Å². The minimum atomic E-state index is 0.554. The molecule has 84 valence electrons. The highest BCUT2D eigenvalue weighted by Gasteiger charge is 2.29. The van der Waals surface area contributed by atoms with Crippen LogP contribution in [0.15, 0.2) is 18.2 Å². The summed E-state index contributed by atoms with van der Waals surface area (Å²) in [4.78, 5) is 2.30. The second-order valence-electron chi connectivity index (χ2n) is 4.66. The molecular formula is C14H18N2. The summed E-state index contributed by atoms with van der Waals surface area (Å²) in [5, 5.41) is 8.84. The van der Waals surface area contributed by atoms with E-state index in [1.165, 1.54) is 29.5 Å². The number of nitrogens with zero attached hydrogens (tertiary/aromatic N) is 2. The predicted octanol–water partition coefficient (Wildman–Crippen LogP) is 2.79. The van der Waals surface area contributed by atoms with Gasteiger partial charge in [-0.05, 0) is 43.4 Å². The van der Waals surface area contributed by atoms with Crippen LogP contribution in [0.1, 0.15) is 29.5 Å². The summed E-state index contributed by atoms with van der Waals surface area (Å²) < 4.78 is 0. The normalized spacial score (nSPS) is 15.1. The van der Waals surface area contributed by atoms with Crippen LogP contribution in [0.4, 0.5) is 0 Å². The molecule has 0 saturated heterocycles. The van der Waals surface area contributed by atoms with Crippen LogP contribution in [0.5, 0.6) is 0 Å². The number of nitriles is 1. The smallest absolute Gasteiger partial charge is 0.0871 e. The number of hydrogen-bond donors (Lipinski definition) is 0. The standard InChI is InChI=1S/C14H18N2/c1-11-4-3-5-12(2)14(11)10-16(9-8-15)13-6-7-13/h3-5,13H,6-7,9-10H2,1-2H3. The van der Waals surface area contributed by atoms with E-state index in [9.17, 15) is 0 Å². The van der Waals surface area contributed by atoms with Crippen molar-refractivity contribution in [3.8, 4) is 6.07 Å². The van der Waals surface area contributed by atoms with Crippen molar-refractivity contribution in [2.24, 2.45) is 0 Å². The molecule has 2 heteroatoms. The lowest BCUT2D eigenvalue weighted by Crippen LogP contribution is -2.26. The molecule has 1 aliphatic rings. The Morgan fingerprint density at radius 1 is 1.31 bits per heavy atom. The number of benzene rings is 1. The maximum atomic E-state index is 8.84. The van der Waals surface area contributed by atoms with Crippen molar-refractivity contribution in [2.75, 3.05) is 6.54 Å². The van der Waals surface area contributed by atoms with E-state index in [2.05, 4.69) is 43.0 Å². The Bertz CT molecular complexity index is 393. The molecule has 1 fully saturated rings. The highest BCUT2D eigenvalue weighted by atomic mass is 15.2. The lowest BCUT2D eigenvalue weighted by atomic mass is 10.0. The van der Waals surface area contributed by atoms with E-state index < -0.39 is 0 Å². The van der Waals surface area contributed by atoms with Gasteiger partial charge in [0.2, 0.25) is 0 Å². The van der Waals surface area contributed by atoms with Gasteiger partial charge in [0, 0.05) is 12.6 Å². The van der Waals surface area contributed by atoms with Gasteiger partial charge in [-0.15, -0.1) is 0 Å². The molecule has 0 aromatic heterocycles. The van der Waals surface area contributed by atoms with Crippen molar-refractivity contribution in [1.82, 2.24) is 4.90 Å². The van der Waals surface area contributed by atoms with Crippen LogP contribution in [0.25, 0.3) is 0 Å². The first-order valence-electron chi connectivity index (χ1n) is 5.88. The van der Waals surface area contributed by atoms with Gasteiger partial charge in [0.05, 0.1) is 12.6 Å². The molecule has 2 rings (SSSR count). The molecule has 1 aromatic carbocycles. The van der Waals surface area contributed by atoms with Crippen molar-refractivity contribution in [1.29, 1.82) is 5.26 Å². The minimum absolute atomic E-state index is 0.554. The van der Waals surface area contributed by atoms with Crippen molar-refractivity contribution < 1.29 is 0 Å². The van der Waals surface area contributed by atoms with E-state index in [4.69, 9.17) is 5.26 Å². The zero-order valence-electron chi connectivity index (χ0n) is 10.0. The Labute approximate surface area is 97.5 Å². The summed E-state index contributed by atoms with van der Waals surface area (Å²) in [6.07, 6.45) is 2.51. The largest absolute Gasteiger partial charge is 0.283 e. The Kier molecular flexibility index (Phi) is 3.26. The maximum Gasteiger partial charge on any atom is 0.0871 e. The monoisotopic (exact) mass is 214 g/mol. The topological polar surface area (TPSA) is 27.0 Å². The van der Waals surface area contributed by atoms with E-state index in [-0.39, 0.29) is 0 Å². The van der Waals surface area contributed by atoms with Gasteiger partial charge in [0.1, 0.15) is 0 Å². The van der Waals surface area contributed by atoms with Gasteiger partial charge in [0.25, 0.3) is 0 Å². The fraction of sp³-hybridized carbons (Fsp3) is 0.500. The summed E-state index contributed by atoms with van der Waals surface area (Å²) in [6, 6.07) is 9.33. The van der Waals surface area contributed by atoms with E-state index in [0.717, 1.165) is 6.54 Å². The molecular weight excluding hydrogens is 196 g/mol. The minimum Gasteiger partial charge on any atom is -0.283 e. The molecule has 1 saturated carbocycles. The number of aryl methyl sites for hydroxylation is 2. The molecule has 0 aliphatic heterocycles. The van der Waals surface area contributed by atoms with Gasteiger partial charge in [-0.1, -0.05) is 18.2 Å². The third-order valence-electron chi connectivity index (χ3n) is 3.34. The van der Waals surface area contributed by atoms with Crippen LogP contribution >= 0.6 is 0 Å². The lowest BCUT2D eigenvalue weighted by Gasteiger charge is -2.21. The van der Waals surface area contributed by atoms with E-state index in [0.29, 0.717) is 12.6 Å². The fourth-order valence-corrected chi connectivity index (χ4v) is 2.15. The summed E-state index contributed by atoms with van der Waals surface area (Å²) in [6.45, 7) is 5.79. The molecule has 1 aliphatic carbocycles. The van der Waals surface area contributed by atoms with Gasteiger partial charge in [-0.25, -0.2) is 0 Å². The first kappa shape index (κ1) is 11.2. The summed E-state index contributed by atoms with van der Waals surface area (Å²) in [5.41, 5.74) is 4.07. The Hall–Kier alpha value is -1.33. The van der Waals surface area contributed by atoms with Crippen molar-refractivity contribution in [3.05, 3.63) is 34.9 Å². The summed E-state index contributed by atoms with van der Waals surface area (Å²) >= 11 is 0. The average Bonchev–Trinajstić information content (AvgIpc) is 3.06. The zero-order valence-corrected chi connectivity index (χ0v) is 10.0. The second kappa shape index (κ2) is 4.67. The molecule has 0 amide bonds. The van der Waals surface area contributed by atoms with Gasteiger partial charge >= 0.3 is 0 Å². The Morgan fingerprint density at radius 3 is 2.44 bits per heavy atom. The summed E-state index contributed by atoms with van der Waals surface area (Å²) in [5.74, 6) is 0. The van der Waals surface area contributed by atoms with Gasteiger partial charge < -0.3 is 0 Å². The lowest BCUT2D eigenvalue weighted by molar-refractivity contribution is 0.286. The molecule has 0 heterocycles. The van der Waals surface area contributed by atoms with E-state index in [1.807, 2.05) is 0 Å². The van der Waals surface area contributed by atoms with Gasteiger partial charge in [-0.2, -0.15) is 5.26 Å². The molecule has 0 radical (unpaired) electrons. The predicted molar refractivity (Wildman–Crippen MR) is 65.0 cm³/mol. The first-order chi connectivity index (χ1) is 7.72. The van der Waals surface area contributed by atoms with E-state index in [1.54, 1.807) is 0 Å². The molecule has 0 atom stereocenters. The molecule has 0 spiro atoms. The molecule has 0 N–H and O–H groups in total. The Balaban J connectivity index is 2.15. The van der Waals surface area contributed by atoms with Crippen molar-refractivity contribution in [3.63, 3.8) is 0 Å². The molecule has 1 aromatic rings. The highest BCUT2D eigenvalue weighted by molar-refractivity contribution is 5.33. The van der Waals surface area contributed by atoms with Gasteiger partial charge in [0.15, 0.2) is 0 Å². The van der Waals surface area contributed by atoms with Crippen LogP contribution in [-0.2, 0) is 6.54 Å². The SMILES string of the molecule is Cc1cccc(C)c1CN(CC#N)C1CC1. The van der Waals surface area contributed by atoms with Crippen LogP contribution in [-0.4, -0.2) is 17.5 Å². The average molecular weight is 214 g/mol. The van der Waals surface area contributed by atoms with Crippen LogP contribution in [0.2, 0.25) is 0 Å². The van der Waals surface area contributed by atoms with E-state index >= 15 is 0 Å². The fourth-order valence-electron chi connectivity index (χ4n) is 2.15. The summed E-state index contributed by atoms with van der Waals surface area (Å²) in [7, 11) is 0. The maximum absolute atomic E-state index is 8.84. The zero-order chi connectivity index (χ0) is 11.5. The number of hydrogen-bond acceptors (Lipinski definition) is 2. The molecule has 16 heavy (non-hydrogen) atoms. The third-order valence-corrected chi connectivity index (χ3v) is 3.34. The Morgan fingerprint density at radius 2 is 1.94 bits per heavy atom. The molecule has 2 nitrogen and oxygen atoms in total. The second-order valence-corrected chi connectivity index (χ2v) is 4.66. The first-order valence-corrected chi connectivity index (χ1v) is 5.88. The highest BCUT2D eigenvalue weighted by Crippen LogP contribution is 2.29. The van der Waals surface area contributed by atoms with Crippen molar-refractivity contribution >= 4 is 0 Å². The quantitative estimate of drug-likeness (QED) is 0.721. The third kappa shape index (κ3) is 2.43. The van der Waals surface area contributed by atoms with Crippen LogP contribution in [0, 0.1) is 25.2 Å². The molecule has 0 bridgehead atoms. The van der Waals surface area contributed by atoms with Gasteiger partial charge in [-0.3, -0.25) is 4.90 Å². The number of rotatable bonds is 4.